The molecule has 0 spiro atoms. The third kappa shape index (κ3) is 6.68. The fraction of sp³-hybridized carbons (Fsp3) is 0.654. The van der Waals surface area contributed by atoms with Gasteiger partial charge in [0, 0.05) is 24.4 Å². The minimum Gasteiger partial charge on any atom is -0.458 e. The highest BCUT2D eigenvalue weighted by Crippen LogP contribution is 2.33. The Balaban J connectivity index is 2.29. The van der Waals surface area contributed by atoms with Gasteiger partial charge in [0.1, 0.15) is 6.10 Å². The molecule has 4 heteroatoms. The summed E-state index contributed by atoms with van der Waals surface area (Å²) in [7, 11) is 0. The molecule has 2 bridgehead atoms. The highest BCUT2D eigenvalue weighted by atomic mass is 16.5. The third-order valence-corrected chi connectivity index (χ3v) is 6.63. The largest absolute Gasteiger partial charge is 0.458 e. The number of aliphatic hydroxyl groups excluding tert-OH is 2. The predicted molar refractivity (Wildman–Crippen MR) is 121 cm³/mol. The molecule has 1 aromatic carbocycles. The van der Waals surface area contributed by atoms with Gasteiger partial charge in [-0.05, 0) is 61.6 Å². The SMILES string of the molecule is CC[C@H](/C=C(/C)C1C[C@@H](C)C[C@H](O)C(C)(C)c2cccc(c2)CCCC(=O)O1)CO. The van der Waals surface area contributed by atoms with Crippen molar-refractivity contribution >= 4 is 5.97 Å². The zero-order valence-electron chi connectivity index (χ0n) is 19.4. The van der Waals surface area contributed by atoms with Gasteiger partial charge >= 0.3 is 5.97 Å². The van der Waals surface area contributed by atoms with Crippen molar-refractivity contribution in [3.8, 4) is 0 Å². The second-order valence-corrected chi connectivity index (χ2v) is 9.61. The maximum atomic E-state index is 12.5. The van der Waals surface area contributed by atoms with E-state index in [0.717, 1.165) is 30.4 Å². The molecule has 0 fully saturated rings. The molecule has 2 N–H and O–H groups in total. The molecule has 0 saturated heterocycles. The molecule has 4 atom stereocenters. The maximum absolute atomic E-state index is 12.5. The molecule has 2 rings (SSSR count). The number of ether oxygens (including phenoxy) is 1. The van der Waals surface area contributed by atoms with Crippen LogP contribution in [-0.2, 0) is 21.4 Å². The Hall–Kier alpha value is -1.65. The van der Waals surface area contributed by atoms with Crippen LogP contribution in [0.25, 0.3) is 0 Å². The average Bonchev–Trinajstić information content (AvgIpc) is 2.70. The first-order valence-corrected chi connectivity index (χ1v) is 11.4. The summed E-state index contributed by atoms with van der Waals surface area (Å²) in [5, 5.41) is 20.6. The Kier molecular flexibility index (Phi) is 9.11. The van der Waals surface area contributed by atoms with E-state index in [1.807, 2.05) is 26.0 Å². The second kappa shape index (κ2) is 11.1. The molecule has 0 radical (unpaired) electrons. The van der Waals surface area contributed by atoms with E-state index in [1.165, 1.54) is 5.56 Å². The summed E-state index contributed by atoms with van der Waals surface area (Å²) in [6, 6.07) is 8.39. The van der Waals surface area contributed by atoms with E-state index < -0.39 is 6.10 Å². The maximum Gasteiger partial charge on any atom is 0.306 e. The lowest BCUT2D eigenvalue weighted by Gasteiger charge is -2.34. The van der Waals surface area contributed by atoms with E-state index in [1.54, 1.807) is 0 Å². The van der Waals surface area contributed by atoms with Crippen LogP contribution in [0.1, 0.15) is 77.8 Å². The van der Waals surface area contributed by atoms with Crippen LogP contribution in [0, 0.1) is 11.8 Å². The minimum atomic E-state index is -0.493. The van der Waals surface area contributed by atoms with Gasteiger partial charge in [-0.2, -0.15) is 0 Å². The number of hydrogen-bond acceptors (Lipinski definition) is 4. The first kappa shape index (κ1) is 24.6. The molecular weight excluding hydrogens is 376 g/mol. The fourth-order valence-electron chi connectivity index (χ4n) is 4.22. The van der Waals surface area contributed by atoms with Gasteiger partial charge < -0.3 is 14.9 Å². The standard InChI is InChI=1S/C26H40O4/c1-6-20(17-27)15-19(3)23-13-18(2)14-24(28)26(4,5)22-11-7-9-21(16-22)10-8-12-25(29)30-23/h7,9,11,15-16,18,20,23-24,27-28H,6,8,10,12-14,17H2,1-5H3/b19-15-/t18-,20-,23?,24+/m1/s1. The molecule has 168 valence electrons. The molecule has 1 heterocycles. The van der Waals surface area contributed by atoms with Gasteiger partial charge in [0.05, 0.1) is 6.10 Å². The fourth-order valence-corrected chi connectivity index (χ4v) is 4.22. The quantitative estimate of drug-likeness (QED) is 0.538. The van der Waals surface area contributed by atoms with Crippen LogP contribution in [-0.4, -0.2) is 35.0 Å². The normalized spacial score (nSPS) is 27.1. The Morgan fingerprint density at radius 2 is 2.03 bits per heavy atom. The molecule has 0 aromatic heterocycles. The minimum absolute atomic E-state index is 0.0710. The third-order valence-electron chi connectivity index (χ3n) is 6.63. The smallest absolute Gasteiger partial charge is 0.306 e. The van der Waals surface area contributed by atoms with Crippen molar-refractivity contribution in [2.24, 2.45) is 11.8 Å². The summed E-state index contributed by atoms with van der Waals surface area (Å²) in [4.78, 5) is 12.5. The van der Waals surface area contributed by atoms with Crippen molar-refractivity contribution in [2.45, 2.75) is 90.8 Å². The van der Waals surface area contributed by atoms with Gasteiger partial charge in [0.25, 0.3) is 0 Å². The molecule has 0 saturated carbocycles. The lowest BCUT2D eigenvalue weighted by atomic mass is 9.75. The Morgan fingerprint density at radius 1 is 1.30 bits per heavy atom. The number of aryl methyl sites for hydroxylation is 1. The zero-order valence-corrected chi connectivity index (χ0v) is 19.4. The molecule has 4 nitrogen and oxygen atoms in total. The molecular formula is C26H40O4. The number of cyclic esters (lactones) is 1. The number of fused-ring (bicyclic) bond motifs is 2. The van der Waals surface area contributed by atoms with Gasteiger partial charge in [-0.25, -0.2) is 0 Å². The van der Waals surface area contributed by atoms with Gasteiger partial charge in [0.2, 0.25) is 0 Å². The second-order valence-electron chi connectivity index (χ2n) is 9.61. The number of aliphatic hydroxyl groups is 2. The van der Waals surface area contributed by atoms with Gasteiger partial charge in [-0.1, -0.05) is 58.0 Å². The van der Waals surface area contributed by atoms with Crippen LogP contribution in [0.15, 0.2) is 35.9 Å². The Labute approximate surface area is 182 Å². The van der Waals surface area contributed by atoms with E-state index in [0.29, 0.717) is 19.3 Å². The Bertz CT molecular complexity index is 717. The monoisotopic (exact) mass is 416 g/mol. The molecule has 1 aromatic rings. The lowest BCUT2D eigenvalue weighted by molar-refractivity contribution is -0.148. The number of carbonyl (C=O) groups excluding carboxylic acids is 1. The number of benzene rings is 1. The van der Waals surface area contributed by atoms with Crippen molar-refractivity contribution in [3.05, 3.63) is 47.0 Å². The van der Waals surface area contributed by atoms with Gasteiger partial charge in [-0.3, -0.25) is 4.79 Å². The Morgan fingerprint density at radius 3 is 2.70 bits per heavy atom. The summed E-state index contributed by atoms with van der Waals surface area (Å²) in [6.07, 6.45) is 5.33. The summed E-state index contributed by atoms with van der Waals surface area (Å²) >= 11 is 0. The number of hydrogen-bond donors (Lipinski definition) is 2. The first-order valence-electron chi connectivity index (χ1n) is 11.4. The highest BCUT2D eigenvalue weighted by molar-refractivity contribution is 5.69. The van der Waals surface area contributed by atoms with E-state index in [2.05, 4.69) is 39.0 Å². The molecule has 0 amide bonds. The van der Waals surface area contributed by atoms with E-state index in [4.69, 9.17) is 4.74 Å². The molecule has 1 aliphatic rings. The summed E-state index contributed by atoms with van der Waals surface area (Å²) in [5.74, 6) is 0.0773. The average molecular weight is 417 g/mol. The molecule has 1 aliphatic heterocycles. The van der Waals surface area contributed by atoms with E-state index in [-0.39, 0.29) is 35.9 Å². The van der Waals surface area contributed by atoms with Gasteiger partial charge in [0.15, 0.2) is 0 Å². The van der Waals surface area contributed by atoms with Crippen molar-refractivity contribution < 1.29 is 19.7 Å². The zero-order chi connectivity index (χ0) is 22.3. The van der Waals surface area contributed by atoms with E-state index >= 15 is 0 Å². The number of carbonyl (C=O) groups is 1. The van der Waals surface area contributed by atoms with Crippen molar-refractivity contribution in [1.29, 1.82) is 0 Å². The highest BCUT2D eigenvalue weighted by Gasteiger charge is 2.32. The van der Waals surface area contributed by atoms with Gasteiger partial charge in [-0.15, -0.1) is 0 Å². The molecule has 30 heavy (non-hydrogen) atoms. The van der Waals surface area contributed by atoms with Crippen LogP contribution in [0.4, 0.5) is 0 Å². The summed E-state index contributed by atoms with van der Waals surface area (Å²) in [5.41, 5.74) is 2.96. The number of rotatable bonds is 4. The molecule has 1 unspecified atom stereocenters. The molecule has 0 aliphatic carbocycles. The predicted octanol–water partition coefficient (Wildman–Crippen LogP) is 4.95. The van der Waals surface area contributed by atoms with Crippen LogP contribution in [0.3, 0.4) is 0 Å². The summed E-state index contributed by atoms with van der Waals surface area (Å²) in [6.45, 7) is 10.4. The first-order chi connectivity index (χ1) is 14.2. The van der Waals surface area contributed by atoms with Crippen molar-refractivity contribution in [3.63, 3.8) is 0 Å². The van der Waals surface area contributed by atoms with Crippen LogP contribution in [0.5, 0.6) is 0 Å². The summed E-state index contributed by atoms with van der Waals surface area (Å²) < 4.78 is 5.89. The number of esters is 1. The van der Waals surface area contributed by atoms with Crippen LogP contribution in [0.2, 0.25) is 0 Å². The topological polar surface area (TPSA) is 66.8 Å². The van der Waals surface area contributed by atoms with Crippen LogP contribution < -0.4 is 0 Å². The van der Waals surface area contributed by atoms with Crippen molar-refractivity contribution in [2.75, 3.05) is 6.61 Å². The van der Waals surface area contributed by atoms with E-state index in [9.17, 15) is 15.0 Å². The van der Waals surface area contributed by atoms with Crippen LogP contribution >= 0.6 is 0 Å². The van der Waals surface area contributed by atoms with Crippen molar-refractivity contribution in [1.82, 2.24) is 0 Å². The lowest BCUT2D eigenvalue weighted by Crippen LogP contribution is -2.36.